The van der Waals surface area contributed by atoms with E-state index >= 15 is 0 Å². The molecule has 0 bridgehead atoms. The third-order valence-electron chi connectivity index (χ3n) is 5.02. The predicted molar refractivity (Wildman–Crippen MR) is 92.2 cm³/mol. The predicted octanol–water partition coefficient (Wildman–Crippen LogP) is 2.81. The molecule has 0 amide bonds. The Morgan fingerprint density at radius 1 is 1.04 bits per heavy atom. The second kappa shape index (κ2) is 6.34. The van der Waals surface area contributed by atoms with Crippen LogP contribution < -0.4 is 10.9 Å². The molecule has 6 nitrogen and oxygen atoms in total. The van der Waals surface area contributed by atoms with Crippen molar-refractivity contribution < 1.29 is 0 Å². The number of anilines is 1. The summed E-state index contributed by atoms with van der Waals surface area (Å²) in [5.41, 5.74) is 2.04. The van der Waals surface area contributed by atoms with E-state index in [2.05, 4.69) is 20.4 Å². The Bertz CT molecular complexity index is 758. The molecule has 126 valence electrons. The van der Waals surface area contributed by atoms with Crippen LogP contribution in [0, 0.1) is 6.92 Å². The number of aromatic nitrogens is 4. The molecule has 0 aliphatic heterocycles. The minimum absolute atomic E-state index is 0.0280. The van der Waals surface area contributed by atoms with Crippen LogP contribution in [0.2, 0.25) is 0 Å². The third kappa shape index (κ3) is 3.32. The summed E-state index contributed by atoms with van der Waals surface area (Å²) in [5.74, 6) is 1.41. The Morgan fingerprint density at radius 2 is 1.83 bits per heavy atom. The highest BCUT2D eigenvalue weighted by molar-refractivity contribution is 5.32. The minimum atomic E-state index is 0.0280. The lowest BCUT2D eigenvalue weighted by molar-refractivity contribution is 0.301. The average Bonchev–Trinajstić information content (AvgIpc) is 3.43. The van der Waals surface area contributed by atoms with E-state index in [1.54, 1.807) is 23.1 Å². The lowest BCUT2D eigenvalue weighted by atomic mass is 9.91. The molecule has 4 rings (SSSR count). The Hall–Kier alpha value is -2.24. The van der Waals surface area contributed by atoms with Crippen LogP contribution in [0.3, 0.4) is 0 Å². The molecular weight excluding hydrogens is 302 g/mol. The summed E-state index contributed by atoms with van der Waals surface area (Å²) in [4.78, 5) is 20.8. The van der Waals surface area contributed by atoms with Crippen molar-refractivity contribution >= 4 is 5.82 Å². The van der Waals surface area contributed by atoms with Crippen LogP contribution in [0.1, 0.15) is 61.9 Å². The van der Waals surface area contributed by atoms with Crippen molar-refractivity contribution in [2.45, 2.75) is 63.5 Å². The largest absolute Gasteiger partial charge is 0.366 e. The molecule has 2 aromatic heterocycles. The average molecular weight is 325 g/mol. The summed E-state index contributed by atoms with van der Waals surface area (Å²) in [6.07, 6.45) is 9.95. The van der Waals surface area contributed by atoms with E-state index in [9.17, 15) is 4.79 Å². The number of aryl methyl sites for hydroxylation is 1. The van der Waals surface area contributed by atoms with E-state index in [1.807, 2.05) is 13.0 Å². The molecule has 0 unspecified atom stereocenters. The van der Waals surface area contributed by atoms with Gasteiger partial charge in [0.15, 0.2) is 0 Å². The Labute approximate surface area is 141 Å². The van der Waals surface area contributed by atoms with E-state index in [0.717, 1.165) is 42.9 Å². The van der Waals surface area contributed by atoms with Gasteiger partial charge >= 0.3 is 0 Å². The van der Waals surface area contributed by atoms with Crippen molar-refractivity contribution in [1.29, 1.82) is 0 Å². The summed E-state index contributed by atoms with van der Waals surface area (Å²) >= 11 is 0. The quantitative estimate of drug-likeness (QED) is 0.936. The van der Waals surface area contributed by atoms with Gasteiger partial charge in [-0.1, -0.05) is 0 Å². The number of nitrogens with one attached hydrogen (secondary N) is 1. The first-order valence-electron chi connectivity index (χ1n) is 8.84. The summed E-state index contributed by atoms with van der Waals surface area (Å²) in [6.45, 7) is 1.93. The molecule has 0 radical (unpaired) electrons. The van der Waals surface area contributed by atoms with Crippen LogP contribution >= 0.6 is 0 Å². The molecule has 2 saturated carbocycles. The van der Waals surface area contributed by atoms with Crippen molar-refractivity contribution in [2.24, 2.45) is 0 Å². The molecule has 1 N–H and O–H groups in total. The van der Waals surface area contributed by atoms with Crippen LogP contribution in [-0.2, 0) is 0 Å². The van der Waals surface area contributed by atoms with Gasteiger partial charge in [0.25, 0.3) is 5.56 Å². The molecule has 2 aromatic rings. The second-order valence-corrected chi connectivity index (χ2v) is 7.01. The van der Waals surface area contributed by atoms with Gasteiger partial charge in [0, 0.05) is 18.0 Å². The fourth-order valence-corrected chi connectivity index (χ4v) is 3.44. The fourth-order valence-electron chi connectivity index (χ4n) is 3.44. The number of rotatable bonds is 4. The van der Waals surface area contributed by atoms with Crippen LogP contribution in [0.15, 0.2) is 29.3 Å². The number of hydrogen-bond donors (Lipinski definition) is 1. The number of nitrogens with zero attached hydrogens (tertiary/aromatic N) is 4. The number of hydrogen-bond acceptors (Lipinski definition) is 5. The van der Waals surface area contributed by atoms with E-state index in [1.165, 1.54) is 12.8 Å². The second-order valence-electron chi connectivity index (χ2n) is 7.01. The molecule has 2 heterocycles. The Morgan fingerprint density at radius 3 is 2.50 bits per heavy atom. The van der Waals surface area contributed by atoms with Gasteiger partial charge in [0.05, 0.1) is 29.8 Å². The SMILES string of the molecule is Cc1cnc(NC2CCC(n3nc(C4CC4)ccc3=O)CC2)cn1. The molecule has 2 aliphatic rings. The van der Waals surface area contributed by atoms with E-state index in [0.29, 0.717) is 12.0 Å². The molecule has 0 saturated heterocycles. The molecule has 0 atom stereocenters. The Kier molecular flexibility index (Phi) is 4.04. The highest BCUT2D eigenvalue weighted by Gasteiger charge is 2.28. The molecule has 24 heavy (non-hydrogen) atoms. The molecule has 2 fully saturated rings. The summed E-state index contributed by atoms with van der Waals surface area (Å²) < 4.78 is 1.73. The summed E-state index contributed by atoms with van der Waals surface area (Å²) in [5, 5.41) is 8.09. The van der Waals surface area contributed by atoms with Crippen molar-refractivity contribution in [2.75, 3.05) is 5.32 Å². The van der Waals surface area contributed by atoms with Gasteiger partial charge in [-0.25, -0.2) is 9.67 Å². The van der Waals surface area contributed by atoms with Gasteiger partial charge in [-0.15, -0.1) is 0 Å². The maximum Gasteiger partial charge on any atom is 0.267 e. The summed E-state index contributed by atoms with van der Waals surface area (Å²) in [7, 11) is 0. The highest BCUT2D eigenvalue weighted by Crippen LogP contribution is 2.38. The first kappa shape index (κ1) is 15.3. The fraction of sp³-hybridized carbons (Fsp3) is 0.556. The van der Waals surface area contributed by atoms with Crippen LogP contribution in [-0.4, -0.2) is 25.8 Å². The zero-order valence-corrected chi connectivity index (χ0v) is 14.0. The lowest BCUT2D eigenvalue weighted by Gasteiger charge is -2.29. The molecule has 2 aliphatic carbocycles. The molecular formula is C18H23N5O. The van der Waals surface area contributed by atoms with Crippen molar-refractivity contribution in [1.82, 2.24) is 19.7 Å². The van der Waals surface area contributed by atoms with Crippen molar-refractivity contribution in [3.63, 3.8) is 0 Å². The maximum absolute atomic E-state index is 12.2. The Balaban J connectivity index is 1.40. The first-order chi connectivity index (χ1) is 11.7. The van der Waals surface area contributed by atoms with Crippen molar-refractivity contribution in [3.05, 3.63) is 46.3 Å². The van der Waals surface area contributed by atoms with Gasteiger partial charge in [-0.3, -0.25) is 9.78 Å². The normalized spacial score (nSPS) is 23.9. The van der Waals surface area contributed by atoms with Crippen LogP contribution in [0.5, 0.6) is 0 Å². The first-order valence-corrected chi connectivity index (χ1v) is 8.84. The van der Waals surface area contributed by atoms with Gasteiger partial charge in [0.1, 0.15) is 5.82 Å². The van der Waals surface area contributed by atoms with E-state index in [-0.39, 0.29) is 11.6 Å². The molecule has 0 spiro atoms. The zero-order chi connectivity index (χ0) is 16.5. The van der Waals surface area contributed by atoms with Crippen molar-refractivity contribution in [3.8, 4) is 0 Å². The van der Waals surface area contributed by atoms with Crippen LogP contribution in [0.4, 0.5) is 5.82 Å². The third-order valence-corrected chi connectivity index (χ3v) is 5.02. The molecule has 0 aromatic carbocycles. The van der Waals surface area contributed by atoms with Gasteiger partial charge in [-0.05, 0) is 51.5 Å². The summed E-state index contributed by atoms with van der Waals surface area (Å²) in [6, 6.07) is 4.20. The standard InChI is InChI=1S/C18H23N5O/c1-12-10-20-17(11-19-12)21-14-4-6-15(7-5-14)23-18(24)9-8-16(22-23)13-2-3-13/h8-11,13-15H,2-7H2,1H3,(H,20,21). The van der Waals surface area contributed by atoms with E-state index < -0.39 is 0 Å². The molecule has 6 heteroatoms. The zero-order valence-electron chi connectivity index (χ0n) is 14.0. The monoisotopic (exact) mass is 325 g/mol. The smallest absolute Gasteiger partial charge is 0.267 e. The van der Waals surface area contributed by atoms with Gasteiger partial charge in [-0.2, -0.15) is 5.10 Å². The minimum Gasteiger partial charge on any atom is -0.366 e. The van der Waals surface area contributed by atoms with E-state index in [4.69, 9.17) is 0 Å². The topological polar surface area (TPSA) is 72.7 Å². The lowest BCUT2D eigenvalue weighted by Crippen LogP contribution is -2.33. The van der Waals surface area contributed by atoms with Gasteiger partial charge in [0.2, 0.25) is 0 Å². The maximum atomic E-state index is 12.2. The van der Waals surface area contributed by atoms with Crippen LogP contribution in [0.25, 0.3) is 0 Å². The van der Waals surface area contributed by atoms with Gasteiger partial charge < -0.3 is 5.32 Å². The highest BCUT2D eigenvalue weighted by atomic mass is 16.1.